The first kappa shape index (κ1) is 14.0. The molecule has 1 unspecified atom stereocenters. The molecule has 4 heteroatoms. The first-order chi connectivity index (χ1) is 9.16. The molecule has 1 aliphatic heterocycles. The maximum atomic E-state index is 12.6. The molecule has 104 valence electrons. The van der Waals surface area contributed by atoms with Gasteiger partial charge in [-0.2, -0.15) is 0 Å². The van der Waals surface area contributed by atoms with E-state index in [-0.39, 0.29) is 11.3 Å². The van der Waals surface area contributed by atoms with Crippen molar-refractivity contribution in [3.63, 3.8) is 0 Å². The number of anilines is 1. The summed E-state index contributed by atoms with van der Waals surface area (Å²) in [7, 11) is 0. The number of amides is 1. The highest BCUT2D eigenvalue weighted by Gasteiger charge is 2.38. The molecular weight excluding hydrogens is 238 g/mol. The third-order valence-electron chi connectivity index (χ3n) is 3.85. The minimum absolute atomic E-state index is 0.132. The van der Waals surface area contributed by atoms with Crippen molar-refractivity contribution in [2.45, 2.75) is 39.5 Å². The van der Waals surface area contributed by atoms with Crippen molar-refractivity contribution in [3.8, 4) is 0 Å². The highest BCUT2D eigenvalue weighted by molar-refractivity contribution is 5.95. The summed E-state index contributed by atoms with van der Waals surface area (Å²) >= 11 is 0. The maximum Gasteiger partial charge on any atom is 0.231 e. The minimum Gasteiger partial charge on any atom is -0.324 e. The number of nitrogens with zero attached hydrogens (tertiary/aromatic N) is 1. The van der Waals surface area contributed by atoms with E-state index in [1.165, 1.54) is 0 Å². The first-order valence-corrected chi connectivity index (χ1v) is 7.11. The van der Waals surface area contributed by atoms with Crippen LogP contribution in [0.1, 0.15) is 38.3 Å². The zero-order valence-electron chi connectivity index (χ0n) is 11.8. The lowest BCUT2D eigenvalue weighted by molar-refractivity contribution is -0.127. The zero-order valence-corrected chi connectivity index (χ0v) is 11.8. The van der Waals surface area contributed by atoms with E-state index in [0.717, 1.165) is 50.2 Å². The Morgan fingerprint density at radius 1 is 1.53 bits per heavy atom. The number of nitrogens with one attached hydrogen (secondary N) is 2. The largest absolute Gasteiger partial charge is 0.324 e. The molecule has 2 rings (SSSR count). The van der Waals surface area contributed by atoms with Gasteiger partial charge in [-0.25, -0.2) is 0 Å². The molecule has 1 aliphatic rings. The first-order valence-electron chi connectivity index (χ1n) is 7.11. The molecule has 1 aromatic rings. The second kappa shape index (κ2) is 6.15. The van der Waals surface area contributed by atoms with Crippen molar-refractivity contribution in [1.29, 1.82) is 0 Å². The highest BCUT2D eigenvalue weighted by Crippen LogP contribution is 2.33. The van der Waals surface area contributed by atoms with Gasteiger partial charge in [-0.3, -0.25) is 9.78 Å². The van der Waals surface area contributed by atoms with Gasteiger partial charge in [0.05, 0.1) is 17.3 Å². The monoisotopic (exact) mass is 261 g/mol. The highest BCUT2D eigenvalue weighted by atomic mass is 16.2. The topological polar surface area (TPSA) is 54.0 Å². The Morgan fingerprint density at radius 2 is 2.37 bits per heavy atom. The van der Waals surface area contributed by atoms with Crippen LogP contribution in [0.3, 0.4) is 0 Å². The Labute approximate surface area is 115 Å². The average Bonchev–Trinajstić information content (AvgIpc) is 2.43. The van der Waals surface area contributed by atoms with Crippen LogP contribution in [0.5, 0.6) is 0 Å². The summed E-state index contributed by atoms with van der Waals surface area (Å²) in [5, 5.41) is 6.38. The van der Waals surface area contributed by atoms with Gasteiger partial charge in [0.15, 0.2) is 0 Å². The summed E-state index contributed by atoms with van der Waals surface area (Å²) in [5.41, 5.74) is 1.50. The van der Waals surface area contributed by atoms with Crippen LogP contribution < -0.4 is 10.6 Å². The van der Waals surface area contributed by atoms with Gasteiger partial charge in [0.1, 0.15) is 0 Å². The van der Waals surface area contributed by atoms with E-state index in [1.54, 1.807) is 6.20 Å². The zero-order chi connectivity index (χ0) is 13.7. The number of piperidine rings is 1. The number of pyridine rings is 1. The lowest BCUT2D eigenvalue weighted by Crippen LogP contribution is -2.48. The van der Waals surface area contributed by atoms with Crippen LogP contribution in [0.15, 0.2) is 18.3 Å². The number of aryl methyl sites for hydroxylation is 1. The Bertz CT molecular complexity index is 416. The van der Waals surface area contributed by atoms with Gasteiger partial charge in [0.2, 0.25) is 5.91 Å². The van der Waals surface area contributed by atoms with E-state index < -0.39 is 0 Å². The summed E-state index contributed by atoms with van der Waals surface area (Å²) < 4.78 is 0. The number of carbonyl (C=O) groups is 1. The van der Waals surface area contributed by atoms with E-state index >= 15 is 0 Å². The summed E-state index contributed by atoms with van der Waals surface area (Å²) in [6.07, 6.45) is 5.73. The normalized spacial score (nSPS) is 23.1. The molecule has 1 saturated heterocycles. The minimum atomic E-state index is -0.252. The predicted molar refractivity (Wildman–Crippen MR) is 77.0 cm³/mol. The third-order valence-corrected chi connectivity index (χ3v) is 3.85. The molecule has 0 radical (unpaired) electrons. The molecule has 0 spiro atoms. The number of aromatic nitrogens is 1. The lowest BCUT2D eigenvalue weighted by Gasteiger charge is -2.36. The standard InChI is InChI=1S/C15H23N3O/c1-3-7-15(8-4-9-16-11-15)14(19)18-13-6-5-12(2)17-10-13/h5-6,10,16H,3-4,7-9,11H2,1-2H3,(H,18,19). The van der Waals surface area contributed by atoms with E-state index in [2.05, 4.69) is 22.5 Å². The molecule has 1 amide bonds. The van der Waals surface area contributed by atoms with Crippen molar-refractivity contribution in [2.75, 3.05) is 18.4 Å². The molecule has 2 heterocycles. The van der Waals surface area contributed by atoms with Crippen LogP contribution in [0.25, 0.3) is 0 Å². The van der Waals surface area contributed by atoms with E-state index in [9.17, 15) is 4.79 Å². The Morgan fingerprint density at radius 3 is 2.95 bits per heavy atom. The molecular formula is C15H23N3O. The van der Waals surface area contributed by atoms with Crippen molar-refractivity contribution in [3.05, 3.63) is 24.0 Å². The molecule has 0 aliphatic carbocycles. The van der Waals surface area contributed by atoms with Gasteiger partial charge in [-0.15, -0.1) is 0 Å². The Kier molecular flexibility index (Phi) is 4.53. The van der Waals surface area contributed by atoms with E-state index in [0.29, 0.717) is 0 Å². The lowest BCUT2D eigenvalue weighted by atomic mass is 9.76. The SMILES string of the molecule is CCCC1(C(=O)Nc2ccc(C)nc2)CCCNC1. The van der Waals surface area contributed by atoms with Gasteiger partial charge in [0.25, 0.3) is 0 Å². The number of carbonyl (C=O) groups excluding carboxylic acids is 1. The van der Waals surface area contributed by atoms with Crippen LogP contribution in [0, 0.1) is 12.3 Å². The van der Waals surface area contributed by atoms with Crippen molar-refractivity contribution < 1.29 is 4.79 Å². The van der Waals surface area contributed by atoms with E-state index in [4.69, 9.17) is 0 Å². The van der Waals surface area contributed by atoms with Crippen LogP contribution in [-0.2, 0) is 4.79 Å². The van der Waals surface area contributed by atoms with Gasteiger partial charge in [-0.05, 0) is 44.9 Å². The van der Waals surface area contributed by atoms with Gasteiger partial charge >= 0.3 is 0 Å². The quantitative estimate of drug-likeness (QED) is 0.875. The van der Waals surface area contributed by atoms with Crippen molar-refractivity contribution in [1.82, 2.24) is 10.3 Å². The van der Waals surface area contributed by atoms with Crippen LogP contribution in [0.2, 0.25) is 0 Å². The predicted octanol–water partition coefficient (Wildman–Crippen LogP) is 2.50. The van der Waals surface area contributed by atoms with Gasteiger partial charge in [-0.1, -0.05) is 13.3 Å². The molecule has 4 nitrogen and oxygen atoms in total. The number of hydrogen-bond donors (Lipinski definition) is 2. The second-order valence-corrected chi connectivity index (χ2v) is 5.45. The smallest absolute Gasteiger partial charge is 0.231 e. The van der Waals surface area contributed by atoms with Crippen LogP contribution in [-0.4, -0.2) is 24.0 Å². The molecule has 2 N–H and O–H groups in total. The number of rotatable bonds is 4. The summed E-state index contributed by atoms with van der Waals surface area (Å²) in [6, 6.07) is 3.83. The molecule has 1 atom stereocenters. The molecule has 0 bridgehead atoms. The molecule has 1 aromatic heterocycles. The summed E-state index contributed by atoms with van der Waals surface area (Å²) in [6.45, 7) is 5.88. The van der Waals surface area contributed by atoms with Crippen molar-refractivity contribution in [2.24, 2.45) is 5.41 Å². The van der Waals surface area contributed by atoms with Crippen molar-refractivity contribution >= 4 is 11.6 Å². The number of hydrogen-bond acceptors (Lipinski definition) is 3. The molecule has 19 heavy (non-hydrogen) atoms. The fourth-order valence-electron chi connectivity index (χ4n) is 2.77. The molecule has 1 fully saturated rings. The Balaban J connectivity index is 2.09. The van der Waals surface area contributed by atoms with Crippen LogP contribution in [0.4, 0.5) is 5.69 Å². The summed E-state index contributed by atoms with van der Waals surface area (Å²) in [5.74, 6) is 0.132. The molecule has 0 saturated carbocycles. The third kappa shape index (κ3) is 3.32. The van der Waals surface area contributed by atoms with Gasteiger partial charge in [0, 0.05) is 12.2 Å². The fourth-order valence-corrected chi connectivity index (χ4v) is 2.77. The fraction of sp³-hybridized carbons (Fsp3) is 0.600. The second-order valence-electron chi connectivity index (χ2n) is 5.45. The Hall–Kier alpha value is -1.42. The molecule has 0 aromatic carbocycles. The van der Waals surface area contributed by atoms with E-state index in [1.807, 2.05) is 19.1 Å². The maximum absolute atomic E-state index is 12.6. The van der Waals surface area contributed by atoms with Gasteiger partial charge < -0.3 is 10.6 Å². The summed E-state index contributed by atoms with van der Waals surface area (Å²) in [4.78, 5) is 16.8. The average molecular weight is 261 g/mol. The van der Waals surface area contributed by atoms with Crippen LogP contribution >= 0.6 is 0 Å².